The highest BCUT2D eigenvalue weighted by Crippen LogP contribution is 2.49. The van der Waals surface area contributed by atoms with Gasteiger partial charge in [-0.3, -0.25) is 0 Å². The van der Waals surface area contributed by atoms with E-state index in [0.717, 1.165) is 39.0 Å². The van der Waals surface area contributed by atoms with Crippen LogP contribution in [0.15, 0.2) is 76.3 Å². The molecule has 2 heterocycles. The van der Waals surface area contributed by atoms with Crippen molar-refractivity contribution in [3.63, 3.8) is 0 Å². The van der Waals surface area contributed by atoms with Gasteiger partial charge in [0.15, 0.2) is 0 Å². The molecule has 3 aromatic rings. The zero-order valence-corrected chi connectivity index (χ0v) is 17.7. The third-order valence-electron chi connectivity index (χ3n) is 5.10. The van der Waals surface area contributed by atoms with Gasteiger partial charge in [-0.25, -0.2) is 5.01 Å². The summed E-state index contributed by atoms with van der Waals surface area (Å²) < 4.78 is 7.38. The van der Waals surface area contributed by atoms with E-state index in [4.69, 9.17) is 33.0 Å². The number of hydrogen-bond donors (Lipinski definition) is 0. The maximum absolute atomic E-state index is 6.49. The normalized spacial score (nSPS) is 20.2. The molecule has 5 rings (SSSR count). The Labute approximate surface area is 181 Å². The molecule has 3 nitrogen and oxygen atoms in total. The van der Waals surface area contributed by atoms with Crippen LogP contribution in [0.1, 0.15) is 35.4 Å². The van der Waals surface area contributed by atoms with E-state index < -0.39 is 0 Å². The Morgan fingerprint density at radius 1 is 0.964 bits per heavy atom. The van der Waals surface area contributed by atoms with Gasteiger partial charge in [0.2, 0.25) is 6.23 Å². The minimum Gasteiger partial charge on any atom is -0.464 e. The maximum atomic E-state index is 6.49. The van der Waals surface area contributed by atoms with E-state index in [0.29, 0.717) is 10.0 Å². The van der Waals surface area contributed by atoms with Crippen molar-refractivity contribution in [1.82, 2.24) is 5.01 Å². The summed E-state index contributed by atoms with van der Waals surface area (Å²) in [7, 11) is 0. The van der Waals surface area contributed by atoms with E-state index in [1.165, 1.54) is 0 Å². The van der Waals surface area contributed by atoms with E-state index in [2.05, 4.69) is 22.0 Å². The molecule has 3 aromatic carbocycles. The second-order valence-corrected chi connectivity index (χ2v) is 8.59. The van der Waals surface area contributed by atoms with Crippen molar-refractivity contribution in [1.29, 1.82) is 0 Å². The number of fused-ring (bicyclic) bond motifs is 3. The highest BCUT2D eigenvalue weighted by Gasteiger charge is 2.41. The van der Waals surface area contributed by atoms with E-state index in [9.17, 15) is 0 Å². The first kappa shape index (κ1) is 18.0. The summed E-state index contributed by atoms with van der Waals surface area (Å²) in [5.41, 5.74) is 4.10. The third kappa shape index (κ3) is 3.10. The molecule has 2 aliphatic heterocycles. The molecule has 0 aromatic heterocycles. The van der Waals surface area contributed by atoms with E-state index in [-0.39, 0.29) is 12.3 Å². The first-order valence-electron chi connectivity index (χ1n) is 8.92. The summed E-state index contributed by atoms with van der Waals surface area (Å²) in [6.07, 6.45) is 0.409. The second-order valence-electron chi connectivity index (χ2n) is 6.83. The van der Waals surface area contributed by atoms with Gasteiger partial charge in [0.1, 0.15) is 5.75 Å². The highest BCUT2D eigenvalue weighted by atomic mass is 79.9. The van der Waals surface area contributed by atoms with Gasteiger partial charge in [0.25, 0.3) is 0 Å². The number of rotatable bonds is 2. The fraction of sp³-hybridized carbons (Fsp3) is 0.136. The molecule has 0 saturated carbocycles. The molecule has 0 fully saturated rings. The highest BCUT2D eigenvalue weighted by molar-refractivity contribution is 9.10. The van der Waals surface area contributed by atoms with Crippen molar-refractivity contribution >= 4 is 44.8 Å². The van der Waals surface area contributed by atoms with E-state index >= 15 is 0 Å². The molecule has 0 spiro atoms. The molecule has 6 heteroatoms. The number of hydrazone groups is 1. The molecular weight excluding hydrogens is 459 g/mol. The Morgan fingerprint density at radius 3 is 2.54 bits per heavy atom. The summed E-state index contributed by atoms with van der Waals surface area (Å²) in [6, 6.07) is 21.7. The smallest absolute Gasteiger partial charge is 0.215 e. The van der Waals surface area contributed by atoms with Crippen LogP contribution in [0.2, 0.25) is 10.0 Å². The monoisotopic (exact) mass is 472 g/mol. The van der Waals surface area contributed by atoms with Crippen LogP contribution in [0.5, 0.6) is 5.75 Å². The average molecular weight is 474 g/mol. The van der Waals surface area contributed by atoms with Crippen molar-refractivity contribution < 1.29 is 4.74 Å². The van der Waals surface area contributed by atoms with Crippen LogP contribution < -0.4 is 4.74 Å². The number of ether oxygens (including phenoxy) is 1. The molecule has 0 radical (unpaired) electrons. The van der Waals surface area contributed by atoms with Crippen molar-refractivity contribution in [3.05, 3.63) is 97.9 Å². The molecule has 0 bridgehead atoms. The number of hydrogen-bond acceptors (Lipinski definition) is 3. The lowest BCUT2D eigenvalue weighted by molar-refractivity contribution is -0.0190. The zero-order chi connectivity index (χ0) is 19.3. The van der Waals surface area contributed by atoms with Crippen LogP contribution in [0.25, 0.3) is 0 Å². The van der Waals surface area contributed by atoms with E-state index in [1.54, 1.807) is 0 Å². The average Bonchev–Trinajstić information content (AvgIpc) is 3.14. The van der Waals surface area contributed by atoms with Crippen LogP contribution in [0.3, 0.4) is 0 Å². The molecule has 140 valence electrons. The standard InChI is InChI=1S/C22H15BrCl2N2O/c23-14-7-10-21-17(11-14)20-12-19(13-5-8-15(24)9-6-13)26-27(20)22(28-21)16-3-1-2-4-18(16)25/h1-11,20,22H,12H2/t20-,22+/m1/s1. The van der Waals surface area contributed by atoms with Crippen LogP contribution in [0.4, 0.5) is 0 Å². The molecule has 0 amide bonds. The van der Waals surface area contributed by atoms with E-state index in [1.807, 2.05) is 65.7 Å². The summed E-state index contributed by atoms with van der Waals surface area (Å²) in [5.74, 6) is 0.863. The zero-order valence-electron chi connectivity index (χ0n) is 14.6. The largest absolute Gasteiger partial charge is 0.464 e. The lowest BCUT2D eigenvalue weighted by atomic mass is 9.96. The minimum atomic E-state index is -0.378. The fourth-order valence-corrected chi connectivity index (χ4v) is 4.49. The summed E-state index contributed by atoms with van der Waals surface area (Å²) in [4.78, 5) is 0. The Hall–Kier alpha value is -2.01. The summed E-state index contributed by atoms with van der Waals surface area (Å²) in [6.45, 7) is 0. The Morgan fingerprint density at radius 2 is 1.75 bits per heavy atom. The van der Waals surface area contributed by atoms with Crippen LogP contribution in [-0.2, 0) is 0 Å². The SMILES string of the molecule is Clc1ccc(C2=NN3[C@H](C2)c2cc(Br)ccc2O[C@H]3c2ccccc2Cl)cc1. The molecule has 28 heavy (non-hydrogen) atoms. The molecule has 0 aliphatic carbocycles. The molecule has 0 unspecified atom stereocenters. The molecule has 2 atom stereocenters. The van der Waals surface area contributed by atoms with Crippen molar-refractivity contribution in [2.24, 2.45) is 5.10 Å². The quantitative estimate of drug-likeness (QED) is 0.400. The Balaban J connectivity index is 1.62. The second kappa shape index (κ2) is 7.11. The van der Waals surface area contributed by atoms with Crippen LogP contribution in [0, 0.1) is 0 Å². The van der Waals surface area contributed by atoms with Crippen LogP contribution in [-0.4, -0.2) is 10.7 Å². The maximum Gasteiger partial charge on any atom is 0.215 e. The van der Waals surface area contributed by atoms with Gasteiger partial charge in [-0.15, -0.1) is 0 Å². The van der Waals surface area contributed by atoms with Crippen molar-refractivity contribution in [3.8, 4) is 5.75 Å². The minimum absolute atomic E-state index is 0.0770. The Kier molecular flexibility index (Phi) is 4.58. The van der Waals surface area contributed by atoms with Gasteiger partial charge >= 0.3 is 0 Å². The molecule has 0 saturated heterocycles. The number of halogens is 3. The summed E-state index contributed by atoms with van der Waals surface area (Å²) >= 11 is 16.1. The molecule has 2 aliphatic rings. The van der Waals surface area contributed by atoms with Gasteiger partial charge in [0, 0.05) is 32.1 Å². The topological polar surface area (TPSA) is 24.8 Å². The first-order chi connectivity index (χ1) is 13.6. The van der Waals surface area contributed by atoms with Crippen molar-refractivity contribution in [2.45, 2.75) is 18.7 Å². The summed E-state index contributed by atoms with van der Waals surface area (Å²) in [5, 5.41) is 8.36. The van der Waals surface area contributed by atoms with Gasteiger partial charge in [-0.2, -0.15) is 5.10 Å². The number of benzene rings is 3. The lowest BCUT2D eigenvalue weighted by Crippen LogP contribution is -2.33. The lowest BCUT2D eigenvalue weighted by Gasteiger charge is -2.38. The predicted octanol–water partition coefficient (Wildman–Crippen LogP) is 7.00. The van der Waals surface area contributed by atoms with Crippen LogP contribution >= 0.6 is 39.1 Å². The van der Waals surface area contributed by atoms with Gasteiger partial charge < -0.3 is 4.74 Å². The fourth-order valence-electron chi connectivity index (χ4n) is 3.76. The Bertz CT molecular complexity index is 1080. The van der Waals surface area contributed by atoms with Gasteiger partial charge in [-0.1, -0.05) is 69.5 Å². The van der Waals surface area contributed by atoms with Crippen molar-refractivity contribution in [2.75, 3.05) is 0 Å². The van der Waals surface area contributed by atoms with Gasteiger partial charge in [-0.05, 0) is 42.0 Å². The predicted molar refractivity (Wildman–Crippen MR) is 116 cm³/mol. The first-order valence-corrected chi connectivity index (χ1v) is 10.5. The molecule has 0 N–H and O–H groups in total. The van der Waals surface area contributed by atoms with Gasteiger partial charge in [0.05, 0.1) is 11.8 Å². The number of nitrogens with zero attached hydrogens (tertiary/aromatic N) is 2. The third-order valence-corrected chi connectivity index (χ3v) is 6.19. The molecular formula is C22H15BrCl2N2O.